The maximum atomic E-state index is 12.3. The maximum Gasteiger partial charge on any atom is 0.317 e. The monoisotopic (exact) mass is 310 g/mol. The van der Waals surface area contributed by atoms with E-state index in [0.29, 0.717) is 31.8 Å². The van der Waals surface area contributed by atoms with E-state index in [-0.39, 0.29) is 18.0 Å². The first kappa shape index (κ1) is 17.1. The van der Waals surface area contributed by atoms with Crippen molar-refractivity contribution in [3.8, 4) is 0 Å². The summed E-state index contributed by atoms with van der Waals surface area (Å²) in [6.45, 7) is 5.44. The number of carbonyl (C=O) groups excluding carboxylic acids is 1. The van der Waals surface area contributed by atoms with Crippen LogP contribution in [0.15, 0.2) is 0 Å². The van der Waals surface area contributed by atoms with Crippen molar-refractivity contribution in [2.75, 3.05) is 13.1 Å². The highest BCUT2D eigenvalue weighted by Crippen LogP contribution is 2.31. The van der Waals surface area contributed by atoms with Crippen molar-refractivity contribution in [2.45, 2.75) is 64.8 Å². The highest BCUT2D eigenvalue weighted by Gasteiger charge is 2.29. The van der Waals surface area contributed by atoms with Crippen molar-refractivity contribution in [2.24, 2.45) is 17.8 Å². The number of carboxylic acid groups (broad SMARTS) is 1. The van der Waals surface area contributed by atoms with E-state index < -0.39 is 5.97 Å². The highest BCUT2D eigenvalue weighted by atomic mass is 16.4. The fourth-order valence-corrected chi connectivity index (χ4v) is 3.82. The van der Waals surface area contributed by atoms with Crippen LogP contribution in [0.4, 0.5) is 4.79 Å². The van der Waals surface area contributed by atoms with E-state index in [0.717, 1.165) is 5.92 Å². The molecule has 2 amide bonds. The van der Waals surface area contributed by atoms with Crippen LogP contribution in [0, 0.1) is 17.8 Å². The van der Waals surface area contributed by atoms with Crippen molar-refractivity contribution in [1.29, 1.82) is 0 Å². The molecule has 0 aromatic rings. The number of likely N-dealkylation sites (tertiary alicyclic amines) is 1. The number of aliphatic carboxylic acids is 1. The minimum Gasteiger partial charge on any atom is -0.481 e. The Hall–Kier alpha value is -1.26. The molecule has 2 unspecified atom stereocenters. The molecule has 1 aliphatic heterocycles. The Labute approximate surface area is 133 Å². The molecule has 126 valence electrons. The minimum atomic E-state index is -0.737. The molecule has 1 saturated carbocycles. The summed E-state index contributed by atoms with van der Waals surface area (Å²) in [4.78, 5) is 25.1. The largest absolute Gasteiger partial charge is 0.481 e. The van der Waals surface area contributed by atoms with E-state index in [9.17, 15) is 9.59 Å². The van der Waals surface area contributed by atoms with E-state index in [1.165, 1.54) is 32.1 Å². The second-order valence-electron chi connectivity index (χ2n) is 7.09. The summed E-state index contributed by atoms with van der Waals surface area (Å²) < 4.78 is 0. The molecule has 2 N–H and O–H groups in total. The van der Waals surface area contributed by atoms with Crippen LogP contribution in [0.2, 0.25) is 0 Å². The summed E-state index contributed by atoms with van der Waals surface area (Å²) in [7, 11) is 0. The third-order valence-corrected chi connectivity index (χ3v) is 5.66. The second-order valence-corrected chi connectivity index (χ2v) is 7.09. The molecule has 0 spiro atoms. The average Bonchev–Trinajstić information content (AvgIpc) is 2.54. The van der Waals surface area contributed by atoms with Gasteiger partial charge in [0.25, 0.3) is 0 Å². The molecule has 0 bridgehead atoms. The van der Waals surface area contributed by atoms with Gasteiger partial charge in [0.2, 0.25) is 0 Å². The SMILES string of the molecule is CC(NC(=O)N1CCC(C(=O)O)CC1)C(C)C1CCCCC1. The Morgan fingerprint density at radius 1 is 1.05 bits per heavy atom. The summed E-state index contributed by atoms with van der Waals surface area (Å²) in [5.74, 6) is 0.199. The first-order chi connectivity index (χ1) is 10.5. The molecule has 0 radical (unpaired) electrons. The number of carbonyl (C=O) groups is 2. The van der Waals surface area contributed by atoms with Gasteiger partial charge in [0.1, 0.15) is 0 Å². The molecule has 2 rings (SSSR count). The number of rotatable bonds is 4. The van der Waals surface area contributed by atoms with Gasteiger partial charge in [-0.1, -0.05) is 39.0 Å². The lowest BCUT2D eigenvalue weighted by Crippen LogP contribution is -2.50. The molecule has 1 saturated heterocycles. The van der Waals surface area contributed by atoms with Crippen LogP contribution in [0.25, 0.3) is 0 Å². The fourth-order valence-electron chi connectivity index (χ4n) is 3.82. The van der Waals surface area contributed by atoms with Crippen LogP contribution in [-0.2, 0) is 4.79 Å². The van der Waals surface area contributed by atoms with Gasteiger partial charge in [-0.25, -0.2) is 4.79 Å². The normalized spacial score (nSPS) is 23.8. The Bertz CT molecular complexity index is 385. The second kappa shape index (κ2) is 7.84. The first-order valence-corrected chi connectivity index (χ1v) is 8.77. The lowest BCUT2D eigenvalue weighted by atomic mass is 9.78. The van der Waals surface area contributed by atoms with E-state index in [1.54, 1.807) is 4.90 Å². The van der Waals surface area contributed by atoms with Gasteiger partial charge in [0.15, 0.2) is 0 Å². The molecule has 1 heterocycles. The van der Waals surface area contributed by atoms with E-state index in [1.807, 2.05) is 0 Å². The molecule has 5 nitrogen and oxygen atoms in total. The van der Waals surface area contributed by atoms with Gasteiger partial charge in [-0.05, 0) is 31.6 Å². The molecule has 0 aromatic heterocycles. The standard InChI is InChI=1S/C17H30N2O3/c1-12(14-6-4-3-5-7-14)13(2)18-17(22)19-10-8-15(9-11-19)16(20)21/h12-15H,3-11H2,1-2H3,(H,18,22)(H,20,21). The van der Waals surface area contributed by atoms with Crippen molar-refractivity contribution < 1.29 is 14.7 Å². The first-order valence-electron chi connectivity index (χ1n) is 8.77. The number of piperidine rings is 1. The van der Waals surface area contributed by atoms with Crippen LogP contribution < -0.4 is 5.32 Å². The zero-order valence-corrected chi connectivity index (χ0v) is 13.9. The van der Waals surface area contributed by atoms with Gasteiger partial charge in [-0.15, -0.1) is 0 Å². The van der Waals surface area contributed by atoms with Gasteiger partial charge in [0, 0.05) is 19.1 Å². The maximum absolute atomic E-state index is 12.3. The smallest absolute Gasteiger partial charge is 0.317 e. The summed E-state index contributed by atoms with van der Waals surface area (Å²) in [5, 5.41) is 12.1. The number of carboxylic acids is 1. The van der Waals surface area contributed by atoms with Crippen molar-refractivity contribution in [3.05, 3.63) is 0 Å². The van der Waals surface area contributed by atoms with Crippen LogP contribution in [-0.4, -0.2) is 41.1 Å². The summed E-state index contributed by atoms with van der Waals surface area (Å²) >= 11 is 0. The molecule has 22 heavy (non-hydrogen) atoms. The quantitative estimate of drug-likeness (QED) is 0.838. The topological polar surface area (TPSA) is 69.6 Å². The minimum absolute atomic E-state index is 0.0287. The number of urea groups is 1. The Morgan fingerprint density at radius 2 is 1.64 bits per heavy atom. The molecular formula is C17H30N2O3. The Kier molecular flexibility index (Phi) is 6.09. The predicted molar refractivity (Wildman–Crippen MR) is 85.7 cm³/mol. The number of nitrogens with zero attached hydrogens (tertiary/aromatic N) is 1. The molecular weight excluding hydrogens is 280 g/mol. The lowest BCUT2D eigenvalue weighted by molar-refractivity contribution is -0.143. The van der Waals surface area contributed by atoms with Gasteiger partial charge in [-0.3, -0.25) is 4.79 Å². The zero-order chi connectivity index (χ0) is 16.1. The summed E-state index contributed by atoms with van der Waals surface area (Å²) in [6.07, 6.45) is 7.68. The van der Waals surface area contributed by atoms with Gasteiger partial charge < -0.3 is 15.3 Å². The number of nitrogens with one attached hydrogen (secondary N) is 1. The zero-order valence-electron chi connectivity index (χ0n) is 13.9. The third-order valence-electron chi connectivity index (χ3n) is 5.66. The van der Waals surface area contributed by atoms with Crippen LogP contribution in [0.3, 0.4) is 0 Å². The van der Waals surface area contributed by atoms with Crippen LogP contribution in [0.5, 0.6) is 0 Å². The predicted octanol–water partition coefficient (Wildman–Crippen LogP) is 3.10. The lowest BCUT2D eigenvalue weighted by Gasteiger charge is -2.35. The van der Waals surface area contributed by atoms with E-state index in [4.69, 9.17) is 5.11 Å². The van der Waals surface area contributed by atoms with Crippen molar-refractivity contribution >= 4 is 12.0 Å². The fraction of sp³-hybridized carbons (Fsp3) is 0.882. The van der Waals surface area contributed by atoms with Crippen LogP contribution in [0.1, 0.15) is 58.8 Å². The van der Waals surface area contributed by atoms with E-state index >= 15 is 0 Å². The average molecular weight is 310 g/mol. The Morgan fingerprint density at radius 3 is 2.18 bits per heavy atom. The third kappa shape index (κ3) is 4.37. The molecule has 2 aliphatic rings. The molecule has 2 atom stereocenters. The number of hydrogen-bond acceptors (Lipinski definition) is 2. The van der Waals surface area contributed by atoms with Gasteiger partial charge >= 0.3 is 12.0 Å². The van der Waals surface area contributed by atoms with Crippen LogP contribution >= 0.6 is 0 Å². The molecule has 5 heteroatoms. The summed E-state index contributed by atoms with van der Waals surface area (Å²) in [6, 6.07) is 0.145. The van der Waals surface area contributed by atoms with Gasteiger partial charge in [0.05, 0.1) is 5.92 Å². The van der Waals surface area contributed by atoms with Gasteiger partial charge in [-0.2, -0.15) is 0 Å². The highest BCUT2D eigenvalue weighted by molar-refractivity contribution is 5.75. The van der Waals surface area contributed by atoms with Crippen molar-refractivity contribution in [3.63, 3.8) is 0 Å². The van der Waals surface area contributed by atoms with E-state index in [2.05, 4.69) is 19.2 Å². The van der Waals surface area contributed by atoms with Crippen molar-refractivity contribution in [1.82, 2.24) is 10.2 Å². The molecule has 0 aromatic carbocycles. The molecule has 2 fully saturated rings. The number of hydrogen-bond donors (Lipinski definition) is 2. The Balaban J connectivity index is 1.77. The number of amides is 2. The molecule has 1 aliphatic carbocycles. The summed E-state index contributed by atoms with van der Waals surface area (Å²) in [5.41, 5.74) is 0.